The van der Waals surface area contributed by atoms with E-state index in [4.69, 9.17) is 4.74 Å². The Labute approximate surface area is 163 Å². The molecule has 0 bridgehead atoms. The first-order valence-corrected chi connectivity index (χ1v) is 10.0. The number of imide groups is 2. The van der Waals surface area contributed by atoms with Gasteiger partial charge in [-0.05, 0) is 32.6 Å². The van der Waals surface area contributed by atoms with E-state index >= 15 is 0 Å². The molecule has 2 aliphatic carbocycles. The van der Waals surface area contributed by atoms with Crippen LogP contribution in [-0.4, -0.2) is 53.3 Å². The summed E-state index contributed by atoms with van der Waals surface area (Å²) in [7, 11) is 0. The van der Waals surface area contributed by atoms with Gasteiger partial charge in [0.05, 0.1) is 11.8 Å². The third-order valence-electron chi connectivity index (χ3n) is 5.89. The Kier molecular flexibility index (Phi) is 6.31. The number of fused-ring (bicyclic) bond motifs is 1. The summed E-state index contributed by atoms with van der Waals surface area (Å²) in [6.45, 7) is 0.768. The minimum atomic E-state index is -1.09. The Bertz CT molecular complexity index is 649. The van der Waals surface area contributed by atoms with E-state index in [2.05, 4.69) is 10.6 Å². The van der Waals surface area contributed by atoms with Crippen molar-refractivity contribution in [2.75, 3.05) is 6.61 Å². The predicted molar refractivity (Wildman–Crippen MR) is 96.7 cm³/mol. The molecule has 5 amide bonds. The molecule has 1 heterocycles. The van der Waals surface area contributed by atoms with Crippen molar-refractivity contribution < 1.29 is 28.7 Å². The van der Waals surface area contributed by atoms with E-state index in [1.165, 1.54) is 6.92 Å². The third kappa shape index (κ3) is 4.34. The van der Waals surface area contributed by atoms with Crippen molar-refractivity contribution in [1.29, 1.82) is 0 Å². The number of esters is 1. The lowest BCUT2D eigenvalue weighted by molar-refractivity contribution is -0.159. The van der Waals surface area contributed by atoms with Crippen LogP contribution in [0.4, 0.5) is 4.79 Å². The molecule has 0 radical (unpaired) electrons. The summed E-state index contributed by atoms with van der Waals surface area (Å²) in [5, 5.41) is 4.81. The minimum absolute atomic E-state index is 0.0612. The predicted octanol–water partition coefficient (Wildman–Crippen LogP) is 0.862. The number of carbonyl (C=O) groups is 5. The molecular weight excluding hydrogens is 366 g/mol. The maximum absolute atomic E-state index is 12.5. The molecule has 9 nitrogen and oxygen atoms in total. The smallest absolute Gasteiger partial charge is 0.329 e. The topological polar surface area (TPSA) is 122 Å². The fourth-order valence-corrected chi connectivity index (χ4v) is 4.39. The zero-order chi connectivity index (χ0) is 20.3. The molecular formula is C19H27N3O6. The second-order valence-electron chi connectivity index (χ2n) is 7.83. The lowest BCUT2D eigenvalue weighted by Gasteiger charge is -2.21. The number of nitrogens with zero attached hydrogens (tertiary/aromatic N) is 1. The van der Waals surface area contributed by atoms with Gasteiger partial charge < -0.3 is 10.1 Å². The Morgan fingerprint density at radius 2 is 1.54 bits per heavy atom. The Morgan fingerprint density at radius 3 is 2.11 bits per heavy atom. The van der Waals surface area contributed by atoms with Crippen LogP contribution in [0.2, 0.25) is 0 Å². The van der Waals surface area contributed by atoms with E-state index < -0.39 is 30.6 Å². The van der Waals surface area contributed by atoms with Gasteiger partial charge in [-0.2, -0.15) is 0 Å². The van der Waals surface area contributed by atoms with Gasteiger partial charge >= 0.3 is 12.0 Å². The molecule has 0 aromatic carbocycles. The molecule has 0 unspecified atom stereocenters. The van der Waals surface area contributed by atoms with Crippen molar-refractivity contribution in [3.8, 4) is 0 Å². The van der Waals surface area contributed by atoms with E-state index in [0.29, 0.717) is 12.8 Å². The Morgan fingerprint density at radius 1 is 1.00 bits per heavy atom. The number of hydrogen-bond acceptors (Lipinski definition) is 6. The maximum atomic E-state index is 12.5. The van der Waals surface area contributed by atoms with Crippen molar-refractivity contribution in [2.45, 2.75) is 70.4 Å². The molecule has 154 valence electrons. The van der Waals surface area contributed by atoms with Gasteiger partial charge in [0.1, 0.15) is 6.04 Å². The van der Waals surface area contributed by atoms with Crippen LogP contribution >= 0.6 is 0 Å². The average molecular weight is 393 g/mol. The van der Waals surface area contributed by atoms with E-state index in [9.17, 15) is 24.0 Å². The highest BCUT2D eigenvalue weighted by molar-refractivity contribution is 6.08. The number of rotatable bonds is 5. The summed E-state index contributed by atoms with van der Waals surface area (Å²) < 4.78 is 4.92. The van der Waals surface area contributed by atoms with Gasteiger partial charge in [0.15, 0.2) is 6.61 Å². The van der Waals surface area contributed by atoms with Crippen molar-refractivity contribution in [3.05, 3.63) is 0 Å². The molecule has 1 aliphatic heterocycles. The van der Waals surface area contributed by atoms with Crippen LogP contribution in [0.25, 0.3) is 0 Å². The summed E-state index contributed by atoms with van der Waals surface area (Å²) in [5.41, 5.74) is 0. The second kappa shape index (κ2) is 8.70. The monoisotopic (exact) mass is 393 g/mol. The molecule has 3 fully saturated rings. The zero-order valence-corrected chi connectivity index (χ0v) is 16.1. The number of amides is 5. The van der Waals surface area contributed by atoms with Gasteiger partial charge in [-0.15, -0.1) is 0 Å². The summed E-state index contributed by atoms with van der Waals surface area (Å²) in [4.78, 5) is 61.8. The van der Waals surface area contributed by atoms with Gasteiger partial charge in [0.25, 0.3) is 5.91 Å². The molecule has 2 N–H and O–H groups in total. The Hall–Kier alpha value is -2.45. The molecule has 3 aliphatic rings. The highest BCUT2D eigenvalue weighted by atomic mass is 16.5. The number of carbonyl (C=O) groups excluding carboxylic acids is 5. The molecule has 9 heteroatoms. The van der Waals surface area contributed by atoms with Crippen molar-refractivity contribution in [2.24, 2.45) is 11.8 Å². The fraction of sp³-hybridized carbons (Fsp3) is 0.737. The quantitative estimate of drug-likeness (QED) is 0.528. The van der Waals surface area contributed by atoms with E-state index in [1.54, 1.807) is 0 Å². The van der Waals surface area contributed by atoms with Crippen LogP contribution < -0.4 is 10.6 Å². The summed E-state index contributed by atoms with van der Waals surface area (Å²) in [6.07, 6.45) is 6.97. The molecule has 1 saturated heterocycles. The minimum Gasteiger partial charge on any atom is -0.454 e. The number of hydrogen-bond donors (Lipinski definition) is 2. The fourth-order valence-electron chi connectivity index (χ4n) is 4.39. The van der Waals surface area contributed by atoms with Crippen LogP contribution in [0.3, 0.4) is 0 Å². The number of ether oxygens (including phenoxy) is 1. The molecule has 3 rings (SSSR count). The van der Waals surface area contributed by atoms with Crippen molar-refractivity contribution in [1.82, 2.24) is 15.5 Å². The molecule has 0 aromatic rings. The number of urea groups is 1. The molecule has 2 saturated carbocycles. The highest BCUT2D eigenvalue weighted by Crippen LogP contribution is 2.38. The van der Waals surface area contributed by atoms with Crippen LogP contribution in [0.15, 0.2) is 0 Å². The standard InChI is InChI=1S/C19H27N3O6/c1-11(22-16(24)13-8-4-5-9-14(13)17(22)25)18(26)28-10-15(23)21-19(27)20-12-6-2-3-7-12/h11-14H,2-10H2,1H3,(H2,20,21,23,27)/t11-,13-,14-/m0/s1. The molecule has 3 atom stereocenters. The average Bonchev–Trinajstić information content (AvgIpc) is 3.26. The lowest BCUT2D eigenvalue weighted by atomic mass is 9.81. The van der Waals surface area contributed by atoms with E-state index in [1.807, 2.05) is 0 Å². The van der Waals surface area contributed by atoms with Crippen molar-refractivity contribution >= 4 is 29.7 Å². The first kappa shape index (κ1) is 20.3. The zero-order valence-electron chi connectivity index (χ0n) is 16.1. The summed E-state index contributed by atoms with van der Waals surface area (Å²) >= 11 is 0. The maximum Gasteiger partial charge on any atom is 0.329 e. The third-order valence-corrected chi connectivity index (χ3v) is 5.89. The summed E-state index contributed by atoms with van der Waals surface area (Å²) in [5.74, 6) is -2.97. The molecule has 28 heavy (non-hydrogen) atoms. The first-order valence-electron chi connectivity index (χ1n) is 10.0. The van der Waals surface area contributed by atoms with Gasteiger partial charge in [0.2, 0.25) is 11.8 Å². The first-order chi connectivity index (χ1) is 13.4. The van der Waals surface area contributed by atoms with Crippen LogP contribution in [0, 0.1) is 11.8 Å². The van der Waals surface area contributed by atoms with E-state index in [0.717, 1.165) is 43.4 Å². The van der Waals surface area contributed by atoms with Crippen molar-refractivity contribution in [3.63, 3.8) is 0 Å². The van der Waals surface area contributed by atoms with Gasteiger partial charge in [-0.25, -0.2) is 9.59 Å². The summed E-state index contributed by atoms with van der Waals surface area (Å²) in [6, 6.07) is -1.65. The van der Waals surface area contributed by atoms with E-state index in [-0.39, 0.29) is 29.7 Å². The van der Waals surface area contributed by atoms with Crippen LogP contribution in [0.1, 0.15) is 58.3 Å². The van der Waals surface area contributed by atoms with Gasteiger partial charge in [-0.3, -0.25) is 24.6 Å². The molecule has 0 spiro atoms. The normalized spacial score (nSPS) is 26.0. The SMILES string of the molecule is C[C@@H](C(=O)OCC(=O)NC(=O)NC1CCCC1)N1C(=O)[C@H]2CCCC[C@@H]2C1=O. The van der Waals surface area contributed by atoms with Crippen LogP contribution in [-0.2, 0) is 23.9 Å². The van der Waals surface area contributed by atoms with Crippen LogP contribution in [0.5, 0.6) is 0 Å². The molecule has 0 aromatic heterocycles. The van der Waals surface area contributed by atoms with Gasteiger partial charge in [0, 0.05) is 6.04 Å². The second-order valence-corrected chi connectivity index (χ2v) is 7.83. The number of nitrogens with one attached hydrogen (secondary N) is 2. The highest BCUT2D eigenvalue weighted by Gasteiger charge is 2.51. The van der Waals surface area contributed by atoms with Gasteiger partial charge in [-0.1, -0.05) is 25.7 Å². The largest absolute Gasteiger partial charge is 0.454 e. The Balaban J connectivity index is 1.46. The lowest BCUT2D eigenvalue weighted by Crippen LogP contribution is -2.47. The number of likely N-dealkylation sites (tertiary alicyclic amines) is 1.